The number of hydrogen-bond acceptors (Lipinski definition) is 2. The van der Waals surface area contributed by atoms with Crippen molar-refractivity contribution in [1.82, 2.24) is 10.3 Å². The average molecular weight is 679 g/mol. The van der Waals surface area contributed by atoms with Crippen LogP contribution in [0.1, 0.15) is 87.9 Å². The van der Waals surface area contributed by atoms with Gasteiger partial charge in [-0.25, -0.2) is 13.2 Å². The molecule has 0 aliphatic rings. The summed E-state index contributed by atoms with van der Waals surface area (Å²) < 4.78 is 80.6. The Labute approximate surface area is 280 Å². The number of aromatic nitrogens is 1. The molecule has 1 atom stereocenters. The van der Waals surface area contributed by atoms with Gasteiger partial charge in [-0.05, 0) is 85.7 Å². The van der Waals surface area contributed by atoms with Gasteiger partial charge in [0.2, 0.25) is 0 Å². The molecule has 0 saturated carbocycles. The Kier molecular flexibility index (Phi) is 15.5. The van der Waals surface area contributed by atoms with E-state index in [4.69, 9.17) is 11.6 Å². The predicted octanol–water partition coefficient (Wildman–Crippen LogP) is 11.9. The number of nitrogens with one attached hydrogen (secondary N) is 1. The number of aryl methyl sites for hydroxylation is 1. The highest BCUT2D eigenvalue weighted by Gasteiger charge is 2.41. The van der Waals surface area contributed by atoms with E-state index in [0.717, 1.165) is 41.4 Å². The predicted molar refractivity (Wildman–Crippen MR) is 180 cm³/mol. The SMILES string of the molecule is CC.CCC(CC)C(F)(F)c1cc(CN[C@](C)(Cc2ccccc2)c2ccc(Cl)cn2)ccc1F.CCc1ccc(C(F)(F)F)cc1. The lowest BCUT2D eigenvalue weighted by Gasteiger charge is -2.31. The highest BCUT2D eigenvalue weighted by Crippen LogP contribution is 2.41. The number of benzene rings is 3. The standard InChI is InChI=1S/C27H30ClF3N2.C9H9F3.C2H6/c1-4-21(5-2)27(30,31)23-15-20(11-13-24(23)29)17-33-26(3,16-19-9-7-6-8-10-19)25-14-12-22(28)18-32-25;1-2-7-3-5-8(6-4-7)9(10,11)12;1-2/h6-15,18,21,33H,4-5,16-17H2,1-3H3;3-6H,2H2,1H3;1-2H3/t26-;;/m1../s1. The zero-order chi connectivity index (χ0) is 35.3. The first-order valence-corrected chi connectivity index (χ1v) is 16.3. The molecule has 1 aromatic heterocycles. The molecule has 1 heterocycles. The highest BCUT2D eigenvalue weighted by atomic mass is 35.5. The Bertz CT molecular complexity index is 1470. The van der Waals surface area contributed by atoms with Gasteiger partial charge in [-0.1, -0.05) is 94.8 Å². The minimum atomic E-state index is -4.22. The summed E-state index contributed by atoms with van der Waals surface area (Å²) in [6.45, 7) is 11.6. The summed E-state index contributed by atoms with van der Waals surface area (Å²) in [6, 6.07) is 22.8. The van der Waals surface area contributed by atoms with E-state index < -0.39 is 40.5 Å². The summed E-state index contributed by atoms with van der Waals surface area (Å²) in [4.78, 5) is 4.50. The Morgan fingerprint density at radius 1 is 0.766 bits per heavy atom. The zero-order valence-corrected chi connectivity index (χ0v) is 28.6. The molecule has 2 nitrogen and oxygen atoms in total. The first kappa shape index (κ1) is 39.8. The van der Waals surface area contributed by atoms with Crippen LogP contribution in [0.3, 0.4) is 0 Å². The van der Waals surface area contributed by atoms with Crippen molar-refractivity contribution in [3.8, 4) is 0 Å². The smallest absolute Gasteiger partial charge is 0.302 e. The monoisotopic (exact) mass is 678 g/mol. The van der Waals surface area contributed by atoms with Crippen molar-refractivity contribution in [2.75, 3.05) is 0 Å². The van der Waals surface area contributed by atoms with Crippen molar-refractivity contribution >= 4 is 11.6 Å². The minimum absolute atomic E-state index is 0.278. The first-order chi connectivity index (χ1) is 22.2. The molecule has 3 aromatic carbocycles. The summed E-state index contributed by atoms with van der Waals surface area (Å²) in [5, 5.41) is 4.01. The van der Waals surface area contributed by atoms with E-state index in [-0.39, 0.29) is 19.4 Å². The van der Waals surface area contributed by atoms with Gasteiger partial charge in [-0.15, -0.1) is 0 Å². The molecular weight excluding hydrogens is 634 g/mol. The molecule has 0 aliphatic carbocycles. The van der Waals surface area contributed by atoms with Crippen LogP contribution in [-0.2, 0) is 37.0 Å². The normalized spacial score (nSPS) is 12.8. The molecule has 4 aromatic rings. The van der Waals surface area contributed by atoms with E-state index in [9.17, 15) is 17.6 Å². The van der Waals surface area contributed by atoms with E-state index in [1.54, 1.807) is 32.2 Å². The van der Waals surface area contributed by atoms with Crippen LogP contribution < -0.4 is 5.32 Å². The lowest BCUT2D eigenvalue weighted by atomic mass is 9.87. The van der Waals surface area contributed by atoms with E-state index in [1.165, 1.54) is 18.2 Å². The van der Waals surface area contributed by atoms with Crippen molar-refractivity contribution in [2.24, 2.45) is 5.92 Å². The second-order valence-electron chi connectivity index (χ2n) is 11.2. The van der Waals surface area contributed by atoms with E-state index in [1.807, 2.05) is 64.1 Å². The Balaban J connectivity index is 0.000000458. The molecule has 47 heavy (non-hydrogen) atoms. The second-order valence-corrected chi connectivity index (χ2v) is 11.6. The van der Waals surface area contributed by atoms with Crippen molar-refractivity contribution in [2.45, 2.75) is 91.4 Å². The molecule has 9 heteroatoms. The fourth-order valence-electron chi connectivity index (χ4n) is 5.14. The largest absolute Gasteiger partial charge is 0.416 e. The van der Waals surface area contributed by atoms with Gasteiger partial charge >= 0.3 is 6.18 Å². The summed E-state index contributed by atoms with van der Waals surface area (Å²) >= 11 is 6.03. The third-order valence-corrected chi connectivity index (χ3v) is 8.18. The van der Waals surface area contributed by atoms with Gasteiger partial charge in [0, 0.05) is 18.7 Å². The van der Waals surface area contributed by atoms with E-state index in [0.29, 0.717) is 17.0 Å². The molecule has 0 aliphatic heterocycles. The third kappa shape index (κ3) is 11.4. The maximum Gasteiger partial charge on any atom is 0.416 e. The number of halogens is 7. The van der Waals surface area contributed by atoms with Crippen LogP contribution in [0, 0.1) is 11.7 Å². The van der Waals surface area contributed by atoms with Crippen LogP contribution in [0.5, 0.6) is 0 Å². The fourth-order valence-corrected chi connectivity index (χ4v) is 5.25. The zero-order valence-electron chi connectivity index (χ0n) is 27.9. The van der Waals surface area contributed by atoms with E-state index >= 15 is 8.78 Å². The second kappa shape index (κ2) is 18.3. The molecule has 0 unspecified atom stereocenters. The summed E-state index contributed by atoms with van der Waals surface area (Å²) in [5.74, 6) is -5.01. The first-order valence-electron chi connectivity index (χ1n) is 16.0. The van der Waals surface area contributed by atoms with Crippen LogP contribution in [0.15, 0.2) is 91.1 Å². The van der Waals surface area contributed by atoms with Crippen molar-refractivity contribution in [3.63, 3.8) is 0 Å². The molecular formula is C38H45ClF6N2. The van der Waals surface area contributed by atoms with Crippen LogP contribution in [0.25, 0.3) is 0 Å². The number of pyridine rings is 1. The molecule has 256 valence electrons. The molecule has 0 radical (unpaired) electrons. The van der Waals surface area contributed by atoms with Gasteiger partial charge in [0.1, 0.15) is 5.82 Å². The number of alkyl halides is 5. The Morgan fingerprint density at radius 3 is 1.87 bits per heavy atom. The van der Waals surface area contributed by atoms with Crippen LogP contribution in [0.4, 0.5) is 26.3 Å². The molecule has 0 saturated heterocycles. The number of hydrogen-bond donors (Lipinski definition) is 1. The van der Waals surface area contributed by atoms with Gasteiger partial charge in [0.15, 0.2) is 0 Å². The molecule has 0 fully saturated rings. The Morgan fingerprint density at radius 2 is 1.36 bits per heavy atom. The van der Waals surface area contributed by atoms with E-state index in [2.05, 4.69) is 10.3 Å². The maximum atomic E-state index is 15.0. The van der Waals surface area contributed by atoms with Crippen LogP contribution >= 0.6 is 11.6 Å². The molecule has 0 amide bonds. The Hall–Kier alpha value is -3.36. The maximum absolute atomic E-state index is 15.0. The summed E-state index contributed by atoms with van der Waals surface area (Å²) in [7, 11) is 0. The number of nitrogens with zero attached hydrogens (tertiary/aromatic N) is 1. The summed E-state index contributed by atoms with van der Waals surface area (Å²) in [6.07, 6.45) is -0.676. The summed E-state index contributed by atoms with van der Waals surface area (Å²) in [5.41, 5.74) is 1.67. The van der Waals surface area contributed by atoms with Crippen molar-refractivity contribution < 1.29 is 26.3 Å². The van der Waals surface area contributed by atoms with Gasteiger partial charge in [0.05, 0.1) is 27.4 Å². The minimum Gasteiger partial charge on any atom is -0.302 e. The van der Waals surface area contributed by atoms with Gasteiger partial charge in [-0.2, -0.15) is 13.2 Å². The topological polar surface area (TPSA) is 24.9 Å². The van der Waals surface area contributed by atoms with Gasteiger partial charge in [-0.3, -0.25) is 4.98 Å². The van der Waals surface area contributed by atoms with Gasteiger partial charge < -0.3 is 5.32 Å². The van der Waals surface area contributed by atoms with Crippen LogP contribution in [0.2, 0.25) is 5.02 Å². The lowest BCUT2D eigenvalue weighted by Crippen LogP contribution is -2.42. The average Bonchev–Trinajstić information content (AvgIpc) is 3.06. The highest BCUT2D eigenvalue weighted by molar-refractivity contribution is 6.30. The lowest BCUT2D eigenvalue weighted by molar-refractivity contribution is -0.137. The van der Waals surface area contributed by atoms with Crippen LogP contribution in [-0.4, -0.2) is 4.98 Å². The fraction of sp³-hybridized carbons (Fsp3) is 0.395. The molecule has 4 rings (SSSR count). The quantitative estimate of drug-likeness (QED) is 0.160. The third-order valence-electron chi connectivity index (χ3n) is 7.95. The molecule has 0 spiro atoms. The van der Waals surface area contributed by atoms with Crippen molar-refractivity contribution in [3.05, 3.63) is 135 Å². The number of rotatable bonds is 11. The van der Waals surface area contributed by atoms with Gasteiger partial charge in [0.25, 0.3) is 5.92 Å². The molecule has 0 bridgehead atoms. The molecule has 1 N–H and O–H groups in total. The van der Waals surface area contributed by atoms with Crippen molar-refractivity contribution in [1.29, 1.82) is 0 Å².